The summed E-state index contributed by atoms with van der Waals surface area (Å²) >= 11 is 1.60. The third-order valence-corrected chi connectivity index (χ3v) is 3.51. The summed E-state index contributed by atoms with van der Waals surface area (Å²) in [6.45, 7) is 0.450. The number of nitrogens with zero attached hydrogens (tertiary/aromatic N) is 3. The Kier molecular flexibility index (Phi) is 3.17. The van der Waals surface area contributed by atoms with E-state index in [1.807, 2.05) is 46.4 Å². The lowest BCUT2D eigenvalue weighted by atomic mass is 10.2. The Hall–Kier alpha value is -2.32. The first kappa shape index (κ1) is 11.8. The molecule has 0 atom stereocenters. The summed E-state index contributed by atoms with van der Waals surface area (Å²) in [5.74, 6) is 0.790. The number of thiazole rings is 1. The summed E-state index contributed by atoms with van der Waals surface area (Å²) in [5, 5.41) is 10.6. The summed E-state index contributed by atoms with van der Waals surface area (Å²) < 4.78 is 7.66. The highest BCUT2D eigenvalue weighted by Crippen LogP contribution is 2.16. The normalized spacial score (nSPS) is 10.5. The Morgan fingerprint density at radius 3 is 2.89 bits per heavy atom. The first-order valence-electron chi connectivity index (χ1n) is 5.85. The number of benzene rings is 1. The molecule has 1 aromatic carbocycles. The number of nitriles is 1. The second kappa shape index (κ2) is 5.12. The fraction of sp³-hybridized carbons (Fsp3) is 0.143. The van der Waals surface area contributed by atoms with E-state index in [-0.39, 0.29) is 0 Å². The standard InChI is InChI=1S/C14H11N3OS/c15-6-5-11-1-3-13(4-2-11)18-10-12-9-17-7-8-19-14(17)16-12/h1-4,7-9H,5,10H2. The van der Waals surface area contributed by atoms with Gasteiger partial charge in [0, 0.05) is 17.8 Å². The van der Waals surface area contributed by atoms with Gasteiger partial charge in [-0.15, -0.1) is 11.3 Å². The molecule has 3 aromatic rings. The van der Waals surface area contributed by atoms with Crippen LogP contribution in [0.15, 0.2) is 42.0 Å². The third kappa shape index (κ3) is 2.59. The SMILES string of the molecule is N#CCc1ccc(OCc2cn3ccsc3n2)cc1. The predicted molar refractivity (Wildman–Crippen MR) is 73.2 cm³/mol. The molecule has 0 unspecified atom stereocenters. The lowest BCUT2D eigenvalue weighted by molar-refractivity contribution is 0.302. The van der Waals surface area contributed by atoms with E-state index in [0.717, 1.165) is 22.0 Å². The molecular formula is C14H11N3OS. The Balaban J connectivity index is 1.65. The Bertz CT molecular complexity index is 693. The summed E-state index contributed by atoms with van der Waals surface area (Å²) in [6.07, 6.45) is 4.38. The van der Waals surface area contributed by atoms with Crippen LogP contribution < -0.4 is 4.74 Å². The Morgan fingerprint density at radius 2 is 2.16 bits per heavy atom. The summed E-state index contributed by atoms with van der Waals surface area (Å²) in [4.78, 5) is 5.42. The van der Waals surface area contributed by atoms with E-state index in [4.69, 9.17) is 10.00 Å². The minimum atomic E-state index is 0.428. The summed E-state index contributed by atoms with van der Waals surface area (Å²) in [7, 11) is 0. The van der Waals surface area contributed by atoms with Gasteiger partial charge < -0.3 is 4.74 Å². The van der Waals surface area contributed by atoms with E-state index >= 15 is 0 Å². The van der Waals surface area contributed by atoms with Crippen LogP contribution in [0.25, 0.3) is 4.96 Å². The largest absolute Gasteiger partial charge is 0.487 e. The maximum Gasteiger partial charge on any atom is 0.193 e. The second-order valence-corrected chi connectivity index (χ2v) is 4.97. The van der Waals surface area contributed by atoms with E-state index in [1.54, 1.807) is 11.3 Å². The molecule has 0 aliphatic heterocycles. The van der Waals surface area contributed by atoms with Crippen molar-refractivity contribution in [2.45, 2.75) is 13.0 Å². The van der Waals surface area contributed by atoms with Crippen molar-refractivity contribution < 1.29 is 4.74 Å². The molecule has 0 N–H and O–H groups in total. The van der Waals surface area contributed by atoms with E-state index in [1.165, 1.54) is 0 Å². The molecule has 0 fully saturated rings. The first-order chi connectivity index (χ1) is 9.35. The van der Waals surface area contributed by atoms with Gasteiger partial charge in [-0.3, -0.25) is 4.40 Å². The number of fused-ring (bicyclic) bond motifs is 1. The lowest BCUT2D eigenvalue weighted by Crippen LogP contribution is -1.95. The molecule has 0 aliphatic carbocycles. The average molecular weight is 269 g/mol. The molecule has 2 aromatic heterocycles. The molecule has 94 valence electrons. The van der Waals surface area contributed by atoms with Gasteiger partial charge in [0.05, 0.1) is 18.2 Å². The fourth-order valence-corrected chi connectivity index (χ4v) is 2.52. The van der Waals surface area contributed by atoms with Gasteiger partial charge in [-0.25, -0.2) is 4.98 Å². The smallest absolute Gasteiger partial charge is 0.193 e. The molecule has 19 heavy (non-hydrogen) atoms. The van der Waals surface area contributed by atoms with Crippen LogP contribution in [0.2, 0.25) is 0 Å². The molecule has 0 saturated carbocycles. The molecule has 0 bridgehead atoms. The topological polar surface area (TPSA) is 50.3 Å². The van der Waals surface area contributed by atoms with Crippen molar-refractivity contribution in [3.63, 3.8) is 0 Å². The lowest BCUT2D eigenvalue weighted by Gasteiger charge is -2.04. The van der Waals surface area contributed by atoms with Gasteiger partial charge >= 0.3 is 0 Å². The number of hydrogen-bond acceptors (Lipinski definition) is 4. The van der Waals surface area contributed by atoms with Gasteiger partial charge in [0.15, 0.2) is 4.96 Å². The predicted octanol–water partition coefficient (Wildman–Crippen LogP) is 3.04. The fourth-order valence-electron chi connectivity index (χ4n) is 1.80. The van der Waals surface area contributed by atoms with Crippen molar-refractivity contribution >= 4 is 16.3 Å². The van der Waals surface area contributed by atoms with Crippen molar-refractivity contribution in [2.75, 3.05) is 0 Å². The van der Waals surface area contributed by atoms with Crippen LogP contribution in [-0.2, 0) is 13.0 Å². The molecule has 0 spiro atoms. The summed E-state index contributed by atoms with van der Waals surface area (Å²) in [5.41, 5.74) is 1.91. The molecule has 0 radical (unpaired) electrons. The molecule has 3 rings (SSSR count). The Labute approximate surface area is 114 Å². The molecule has 2 heterocycles. The van der Waals surface area contributed by atoms with Crippen molar-refractivity contribution in [2.24, 2.45) is 0 Å². The number of ether oxygens (including phenoxy) is 1. The zero-order valence-electron chi connectivity index (χ0n) is 10.1. The highest BCUT2D eigenvalue weighted by Gasteiger charge is 2.03. The maximum absolute atomic E-state index is 8.60. The van der Waals surface area contributed by atoms with Crippen molar-refractivity contribution in [3.8, 4) is 11.8 Å². The van der Waals surface area contributed by atoms with Gasteiger partial charge in [0.25, 0.3) is 0 Å². The highest BCUT2D eigenvalue weighted by atomic mass is 32.1. The number of rotatable bonds is 4. The zero-order valence-corrected chi connectivity index (χ0v) is 10.9. The number of imidazole rings is 1. The van der Waals surface area contributed by atoms with Crippen LogP contribution in [0.3, 0.4) is 0 Å². The van der Waals surface area contributed by atoms with Crippen LogP contribution in [-0.4, -0.2) is 9.38 Å². The maximum atomic E-state index is 8.60. The van der Waals surface area contributed by atoms with E-state index in [0.29, 0.717) is 13.0 Å². The average Bonchev–Trinajstić information content (AvgIpc) is 2.99. The third-order valence-electron chi connectivity index (χ3n) is 2.74. The minimum Gasteiger partial charge on any atom is -0.487 e. The molecular weight excluding hydrogens is 258 g/mol. The second-order valence-electron chi connectivity index (χ2n) is 4.09. The number of aromatic nitrogens is 2. The quantitative estimate of drug-likeness (QED) is 0.731. The van der Waals surface area contributed by atoms with Crippen molar-refractivity contribution in [1.82, 2.24) is 9.38 Å². The van der Waals surface area contributed by atoms with Gasteiger partial charge in [-0.2, -0.15) is 5.26 Å². The molecule has 0 saturated heterocycles. The molecule has 5 heteroatoms. The van der Waals surface area contributed by atoms with E-state index < -0.39 is 0 Å². The molecule has 0 amide bonds. The van der Waals surface area contributed by atoms with Gasteiger partial charge in [0.1, 0.15) is 12.4 Å². The first-order valence-corrected chi connectivity index (χ1v) is 6.73. The van der Waals surface area contributed by atoms with Crippen LogP contribution in [0.4, 0.5) is 0 Å². The minimum absolute atomic E-state index is 0.428. The number of hydrogen-bond donors (Lipinski definition) is 0. The van der Waals surface area contributed by atoms with E-state index in [9.17, 15) is 0 Å². The highest BCUT2D eigenvalue weighted by molar-refractivity contribution is 7.15. The van der Waals surface area contributed by atoms with Gasteiger partial charge in [-0.05, 0) is 17.7 Å². The Morgan fingerprint density at radius 1 is 1.32 bits per heavy atom. The van der Waals surface area contributed by atoms with Crippen LogP contribution >= 0.6 is 11.3 Å². The van der Waals surface area contributed by atoms with Gasteiger partial charge in [0.2, 0.25) is 0 Å². The van der Waals surface area contributed by atoms with E-state index in [2.05, 4.69) is 11.1 Å². The van der Waals surface area contributed by atoms with Crippen molar-refractivity contribution in [3.05, 3.63) is 53.3 Å². The van der Waals surface area contributed by atoms with Crippen molar-refractivity contribution in [1.29, 1.82) is 5.26 Å². The molecule has 0 aliphatic rings. The van der Waals surface area contributed by atoms with Crippen LogP contribution in [0, 0.1) is 11.3 Å². The van der Waals surface area contributed by atoms with Crippen LogP contribution in [0.5, 0.6) is 5.75 Å². The molecule has 4 nitrogen and oxygen atoms in total. The van der Waals surface area contributed by atoms with Gasteiger partial charge in [-0.1, -0.05) is 12.1 Å². The zero-order chi connectivity index (χ0) is 13.1. The van der Waals surface area contributed by atoms with Crippen LogP contribution in [0.1, 0.15) is 11.3 Å². The summed E-state index contributed by atoms with van der Waals surface area (Å²) in [6, 6.07) is 9.70. The monoisotopic (exact) mass is 269 g/mol.